The molecular formula is C12H16O7. The molecule has 0 aromatic heterocycles. The number of phenolic OH excluding ortho intramolecular Hbond substituents is 1. The largest absolute Gasteiger partial charge is 0.508 e. The van der Waals surface area contributed by atoms with E-state index in [1.807, 2.05) is 0 Å². The molecule has 0 radical (unpaired) electrons. The Morgan fingerprint density at radius 3 is 1.79 bits per heavy atom. The zero-order valence-electron chi connectivity index (χ0n) is 10.4. The van der Waals surface area contributed by atoms with Crippen molar-refractivity contribution in [2.75, 3.05) is 0 Å². The number of aliphatic carboxylic acids is 2. The Bertz CT molecular complexity index is 434. The lowest BCUT2D eigenvalue weighted by Crippen LogP contribution is -2.31. The van der Waals surface area contributed by atoms with Gasteiger partial charge in [0.1, 0.15) is 11.9 Å². The number of carboxylic acids is 2. The molecule has 0 aliphatic heterocycles. The first-order valence-corrected chi connectivity index (χ1v) is 5.25. The third-order valence-corrected chi connectivity index (χ3v) is 2.20. The minimum Gasteiger partial charge on any atom is -0.508 e. The molecule has 1 aromatic rings. The van der Waals surface area contributed by atoms with Gasteiger partial charge in [0.25, 0.3) is 0 Å². The van der Waals surface area contributed by atoms with Crippen molar-refractivity contribution in [2.24, 2.45) is 0 Å². The summed E-state index contributed by atoms with van der Waals surface area (Å²) in [5.41, 5.74) is -1.67. The first-order chi connectivity index (χ1) is 8.59. The van der Waals surface area contributed by atoms with Crippen LogP contribution >= 0.6 is 0 Å². The predicted octanol–water partition coefficient (Wildman–Crippen LogP) is 0.136. The monoisotopic (exact) mass is 272 g/mol. The fourth-order valence-corrected chi connectivity index (χ4v) is 0.909. The number of benzene rings is 1. The normalized spacial score (nSPS) is 14.5. The molecule has 0 saturated carbocycles. The van der Waals surface area contributed by atoms with Crippen LogP contribution in [0.1, 0.15) is 19.4 Å². The fraction of sp³-hybridized carbons (Fsp3) is 0.333. The van der Waals surface area contributed by atoms with Crippen molar-refractivity contribution in [1.82, 2.24) is 0 Å². The second-order valence-electron chi connectivity index (χ2n) is 3.94. The Hall–Kier alpha value is -2.12. The number of phenols is 1. The Labute approximate surface area is 109 Å². The van der Waals surface area contributed by atoms with Gasteiger partial charge in [0, 0.05) is 0 Å². The number of aliphatic hydroxyl groups is 2. The number of aliphatic hydroxyl groups excluding tert-OH is 1. The minimum absolute atomic E-state index is 0.0324. The molecule has 0 amide bonds. The zero-order chi connectivity index (χ0) is 15.2. The second kappa shape index (κ2) is 6.72. The van der Waals surface area contributed by atoms with Gasteiger partial charge in [-0.05, 0) is 31.5 Å². The lowest BCUT2D eigenvalue weighted by molar-refractivity contribution is -0.157. The van der Waals surface area contributed by atoms with Gasteiger partial charge in [-0.3, -0.25) is 0 Å². The summed E-state index contributed by atoms with van der Waals surface area (Å²) in [5, 5.41) is 42.8. The summed E-state index contributed by atoms with van der Waals surface area (Å²) in [7, 11) is 0. The molecule has 0 spiro atoms. The highest BCUT2D eigenvalue weighted by molar-refractivity contribution is 5.78. The molecular weight excluding hydrogens is 256 g/mol. The Morgan fingerprint density at radius 2 is 1.53 bits per heavy atom. The number of rotatable bonds is 3. The fourth-order valence-electron chi connectivity index (χ4n) is 0.909. The first-order valence-electron chi connectivity index (χ1n) is 5.25. The van der Waals surface area contributed by atoms with E-state index in [-0.39, 0.29) is 11.3 Å². The maximum absolute atomic E-state index is 10.6. The predicted molar refractivity (Wildman–Crippen MR) is 64.6 cm³/mol. The molecule has 106 valence electrons. The van der Waals surface area contributed by atoms with E-state index in [1.165, 1.54) is 38.1 Å². The number of hydrogen-bond acceptors (Lipinski definition) is 5. The summed E-state index contributed by atoms with van der Waals surface area (Å²) < 4.78 is 0. The van der Waals surface area contributed by atoms with Gasteiger partial charge >= 0.3 is 11.9 Å². The van der Waals surface area contributed by atoms with Crippen molar-refractivity contribution in [3.63, 3.8) is 0 Å². The molecule has 0 fully saturated rings. The molecule has 1 rings (SSSR count). The molecule has 7 nitrogen and oxygen atoms in total. The van der Waals surface area contributed by atoms with Gasteiger partial charge in [-0.15, -0.1) is 0 Å². The summed E-state index contributed by atoms with van der Waals surface area (Å²) in [5.74, 6) is -2.47. The van der Waals surface area contributed by atoms with E-state index in [9.17, 15) is 14.7 Å². The van der Waals surface area contributed by atoms with Gasteiger partial charge in [-0.1, -0.05) is 12.1 Å². The van der Waals surface area contributed by atoms with Crippen LogP contribution in [0.2, 0.25) is 0 Å². The van der Waals surface area contributed by atoms with Gasteiger partial charge < -0.3 is 25.5 Å². The molecule has 0 heterocycles. The van der Waals surface area contributed by atoms with E-state index in [1.54, 1.807) is 0 Å². The van der Waals surface area contributed by atoms with Crippen LogP contribution in [-0.4, -0.2) is 43.6 Å². The maximum atomic E-state index is 10.6. The smallest absolute Gasteiger partial charge is 0.340 e. The average Bonchev–Trinajstić information content (AvgIpc) is 2.30. The summed E-state index contributed by atoms with van der Waals surface area (Å²) >= 11 is 0. The van der Waals surface area contributed by atoms with Crippen molar-refractivity contribution in [3.8, 4) is 5.75 Å². The van der Waals surface area contributed by atoms with Crippen molar-refractivity contribution in [1.29, 1.82) is 0 Å². The molecule has 2 unspecified atom stereocenters. The highest BCUT2D eigenvalue weighted by Gasteiger charge is 2.31. The molecule has 0 bridgehead atoms. The second-order valence-corrected chi connectivity index (χ2v) is 3.94. The highest BCUT2D eigenvalue weighted by atomic mass is 16.4. The van der Waals surface area contributed by atoms with E-state index >= 15 is 0 Å². The van der Waals surface area contributed by atoms with E-state index in [0.29, 0.717) is 0 Å². The van der Waals surface area contributed by atoms with E-state index < -0.39 is 23.6 Å². The molecule has 7 heteroatoms. The first kappa shape index (κ1) is 16.9. The Kier molecular flexibility index (Phi) is 5.97. The van der Waals surface area contributed by atoms with Crippen molar-refractivity contribution < 1.29 is 35.1 Å². The number of carboxylic acid groups (broad SMARTS) is 2. The van der Waals surface area contributed by atoms with E-state index in [0.717, 1.165) is 0 Å². The molecule has 0 saturated heterocycles. The molecule has 2 atom stereocenters. The molecule has 0 aliphatic rings. The maximum Gasteiger partial charge on any atom is 0.340 e. The van der Waals surface area contributed by atoms with Gasteiger partial charge in [0.05, 0.1) is 0 Å². The van der Waals surface area contributed by atoms with Crippen LogP contribution < -0.4 is 0 Å². The minimum atomic E-state index is -1.91. The van der Waals surface area contributed by atoms with Crippen LogP contribution in [0.15, 0.2) is 24.3 Å². The lowest BCUT2D eigenvalue weighted by atomic mass is 9.96. The van der Waals surface area contributed by atoms with Crippen LogP contribution in [0, 0.1) is 0 Å². The van der Waals surface area contributed by atoms with Crippen molar-refractivity contribution >= 4 is 11.9 Å². The molecule has 19 heavy (non-hydrogen) atoms. The van der Waals surface area contributed by atoms with Crippen LogP contribution in [0.5, 0.6) is 5.75 Å². The third-order valence-electron chi connectivity index (χ3n) is 2.20. The SMILES string of the molecule is CC(O)(C(=O)O)c1ccc(O)cc1.CC(O)C(=O)O. The van der Waals surface area contributed by atoms with Crippen LogP contribution in [0.4, 0.5) is 0 Å². The van der Waals surface area contributed by atoms with Crippen molar-refractivity contribution in [3.05, 3.63) is 29.8 Å². The van der Waals surface area contributed by atoms with Crippen LogP contribution in [0.3, 0.4) is 0 Å². The highest BCUT2D eigenvalue weighted by Crippen LogP contribution is 2.22. The topological polar surface area (TPSA) is 135 Å². The van der Waals surface area contributed by atoms with Gasteiger partial charge in [0.2, 0.25) is 0 Å². The molecule has 0 aliphatic carbocycles. The van der Waals surface area contributed by atoms with Gasteiger partial charge in [-0.25, -0.2) is 9.59 Å². The number of aromatic hydroxyl groups is 1. The lowest BCUT2D eigenvalue weighted by Gasteiger charge is -2.17. The van der Waals surface area contributed by atoms with Crippen LogP contribution in [-0.2, 0) is 15.2 Å². The Balaban J connectivity index is 0.000000459. The quantitative estimate of drug-likeness (QED) is 0.528. The molecule has 1 aromatic carbocycles. The van der Waals surface area contributed by atoms with Gasteiger partial charge in [0.15, 0.2) is 5.60 Å². The number of carbonyl (C=O) groups is 2. The standard InChI is InChI=1S/C9H10O4.C3H6O3/c1-9(13,8(11)12)6-2-4-7(10)5-3-6;1-2(4)3(5)6/h2-5,10,13H,1H3,(H,11,12);2,4H,1H3,(H,5,6). The van der Waals surface area contributed by atoms with Gasteiger partial charge in [-0.2, -0.15) is 0 Å². The van der Waals surface area contributed by atoms with E-state index in [4.69, 9.17) is 20.4 Å². The molecule has 5 N–H and O–H groups in total. The summed E-state index contributed by atoms with van der Waals surface area (Å²) in [6, 6.07) is 5.38. The third kappa shape index (κ3) is 5.36. The van der Waals surface area contributed by atoms with Crippen molar-refractivity contribution in [2.45, 2.75) is 25.6 Å². The Morgan fingerprint density at radius 1 is 1.16 bits per heavy atom. The van der Waals surface area contributed by atoms with Crippen LogP contribution in [0.25, 0.3) is 0 Å². The number of hydrogen-bond donors (Lipinski definition) is 5. The summed E-state index contributed by atoms with van der Waals surface area (Å²) in [6.07, 6.45) is -1.23. The zero-order valence-corrected chi connectivity index (χ0v) is 10.4. The summed E-state index contributed by atoms with van der Waals surface area (Å²) in [6.45, 7) is 2.38. The average molecular weight is 272 g/mol. The van der Waals surface area contributed by atoms with E-state index in [2.05, 4.69) is 0 Å². The summed E-state index contributed by atoms with van der Waals surface area (Å²) in [4.78, 5) is 20.0.